The molecule has 3 saturated heterocycles. The van der Waals surface area contributed by atoms with Crippen molar-refractivity contribution in [1.29, 1.82) is 0 Å². The number of piperidine rings is 1. The Hall–Kier alpha value is -4.35. The number of β-amino-alcohol motifs (C(OH)–C–C–N with tert-alkyl or cyclic N) is 1. The highest BCUT2D eigenvalue weighted by Gasteiger charge is 2.48. The topological polar surface area (TPSA) is 123 Å². The Morgan fingerprint density at radius 3 is 2.64 bits per heavy atom. The number of ether oxygens (including phenoxy) is 4. The molecule has 0 unspecified atom stereocenters. The summed E-state index contributed by atoms with van der Waals surface area (Å²) in [6.07, 6.45) is 14.5. The third-order valence-corrected chi connectivity index (χ3v) is 12.2. The molecule has 5 heterocycles. The van der Waals surface area contributed by atoms with Crippen molar-refractivity contribution in [2.75, 3.05) is 71.2 Å². The molecule has 3 atom stereocenters. The summed E-state index contributed by atoms with van der Waals surface area (Å²) < 4.78 is 56.1. The Morgan fingerprint density at radius 1 is 1.02 bits per heavy atom. The van der Waals surface area contributed by atoms with Crippen LogP contribution in [0.5, 0.6) is 17.6 Å². The number of phenolic OH excluding ortho intramolecular Hbond substituents is 1. The number of likely N-dealkylation sites (tertiary alicyclic amines) is 1. The van der Waals surface area contributed by atoms with Gasteiger partial charge < -0.3 is 34.1 Å². The molecule has 1 saturated carbocycles. The molecule has 0 amide bonds. The number of hydrogen-bond acceptors (Lipinski definition) is 11. The van der Waals surface area contributed by atoms with Gasteiger partial charge in [0, 0.05) is 42.2 Å². The number of phenols is 1. The molecule has 4 aliphatic rings. The minimum atomic E-state index is -1.24. The lowest BCUT2D eigenvalue weighted by Gasteiger charge is -2.46. The number of aromatic nitrogens is 3. The van der Waals surface area contributed by atoms with Crippen molar-refractivity contribution in [3.8, 4) is 41.2 Å². The molecular formula is C42H49F2N5O6. The summed E-state index contributed by atoms with van der Waals surface area (Å²) in [6.45, 7) is 6.73. The van der Waals surface area contributed by atoms with Gasteiger partial charge >= 0.3 is 6.01 Å². The van der Waals surface area contributed by atoms with Crippen LogP contribution in [0.2, 0.25) is 0 Å². The van der Waals surface area contributed by atoms with Crippen LogP contribution in [0.3, 0.4) is 0 Å². The second-order valence-corrected chi connectivity index (χ2v) is 16.0. The molecule has 2 aromatic heterocycles. The second-order valence-electron chi connectivity index (χ2n) is 16.0. The highest BCUT2D eigenvalue weighted by Crippen LogP contribution is 2.49. The maximum atomic E-state index is 17.3. The first kappa shape index (κ1) is 37.6. The molecule has 8 rings (SSSR count). The van der Waals surface area contributed by atoms with Gasteiger partial charge in [-0.05, 0) is 94.5 Å². The molecule has 4 aromatic rings. The summed E-state index contributed by atoms with van der Waals surface area (Å²) in [6, 6.07) is 5.77. The number of fused-ring (bicyclic) bond motifs is 3. The number of benzene rings is 2. The summed E-state index contributed by atoms with van der Waals surface area (Å²) in [4.78, 5) is 18.7. The number of aliphatic hydroxyl groups is 1. The highest BCUT2D eigenvalue weighted by atomic mass is 19.1. The normalized spacial score (nSPS) is 25.2. The van der Waals surface area contributed by atoms with Crippen LogP contribution < -0.4 is 14.4 Å². The Morgan fingerprint density at radius 2 is 1.84 bits per heavy atom. The summed E-state index contributed by atoms with van der Waals surface area (Å²) in [5.74, 6) is 1.65. The van der Waals surface area contributed by atoms with E-state index in [1.807, 2.05) is 4.90 Å². The molecule has 3 aliphatic heterocycles. The van der Waals surface area contributed by atoms with Crippen molar-refractivity contribution >= 4 is 27.5 Å². The van der Waals surface area contributed by atoms with Crippen LogP contribution in [0.4, 0.5) is 14.6 Å². The van der Waals surface area contributed by atoms with Crippen LogP contribution in [0.25, 0.3) is 32.9 Å². The maximum absolute atomic E-state index is 17.3. The maximum Gasteiger partial charge on any atom is 0.319 e. The van der Waals surface area contributed by atoms with E-state index >= 15 is 8.78 Å². The number of rotatable bonds is 9. The van der Waals surface area contributed by atoms with Crippen molar-refractivity contribution in [3.63, 3.8) is 0 Å². The van der Waals surface area contributed by atoms with Crippen LogP contribution in [0.15, 0.2) is 24.3 Å². The van der Waals surface area contributed by atoms with E-state index in [9.17, 15) is 10.2 Å². The standard InChI is InChI=1S/C42H49F2N5O6/c1-4-29-31(43)9-8-27-21-28(50)22-30(33(27)29)36-35(44)37-34(39(45-36)52-3)38(49-17-20-54-24-41(2,51)23-49)47-40(46-37)55-25-42-13-5-7-32(42)48(15-6-14-42)16-10-26-11-18-53-19-12-26/h1,8-9,21-22,26,32,50-51H,5-7,10-20,23-25H2,2-3H3/t32-,41+,42-/m1/s1. The molecule has 55 heavy (non-hydrogen) atoms. The van der Waals surface area contributed by atoms with E-state index in [-0.39, 0.29) is 75.1 Å². The smallest absolute Gasteiger partial charge is 0.319 e. The first-order valence-corrected chi connectivity index (χ1v) is 19.5. The third kappa shape index (κ3) is 7.26. The van der Waals surface area contributed by atoms with Crippen molar-refractivity contribution in [2.24, 2.45) is 11.3 Å². The molecule has 4 fully saturated rings. The minimum absolute atomic E-state index is 0.00480. The molecule has 0 spiro atoms. The summed E-state index contributed by atoms with van der Waals surface area (Å²) in [5, 5.41) is 22.7. The first-order valence-electron chi connectivity index (χ1n) is 19.5. The zero-order valence-electron chi connectivity index (χ0n) is 31.6. The SMILES string of the molecule is C#Cc1c(F)ccc2cc(O)cc(-c3nc(OC)c4c(N5CCOC[C@@](C)(O)C5)nc(OC[C@]56CCC[C@H]5N(CCC5CCOCC5)CCC6)nc4c3F)c12. The molecule has 13 heteroatoms. The predicted octanol–water partition coefficient (Wildman–Crippen LogP) is 6.24. The van der Waals surface area contributed by atoms with E-state index in [1.54, 1.807) is 6.92 Å². The summed E-state index contributed by atoms with van der Waals surface area (Å²) >= 11 is 0. The number of nitrogens with zero attached hydrogens (tertiary/aromatic N) is 5. The minimum Gasteiger partial charge on any atom is -0.508 e. The number of methoxy groups -OCH3 is 1. The van der Waals surface area contributed by atoms with E-state index in [1.165, 1.54) is 37.8 Å². The molecule has 2 N–H and O–H groups in total. The van der Waals surface area contributed by atoms with Crippen molar-refractivity contribution in [1.82, 2.24) is 19.9 Å². The Kier molecular flexibility index (Phi) is 10.4. The number of hydrogen-bond donors (Lipinski definition) is 2. The van der Waals surface area contributed by atoms with E-state index < -0.39 is 17.2 Å². The van der Waals surface area contributed by atoms with E-state index in [0.29, 0.717) is 37.1 Å². The van der Waals surface area contributed by atoms with Crippen LogP contribution >= 0.6 is 0 Å². The van der Waals surface area contributed by atoms with Crippen LogP contribution in [-0.2, 0) is 9.47 Å². The highest BCUT2D eigenvalue weighted by molar-refractivity contribution is 6.04. The molecule has 0 radical (unpaired) electrons. The Balaban J connectivity index is 1.22. The van der Waals surface area contributed by atoms with Gasteiger partial charge in [0.15, 0.2) is 5.82 Å². The van der Waals surface area contributed by atoms with Crippen molar-refractivity contribution in [2.45, 2.75) is 69.9 Å². The van der Waals surface area contributed by atoms with Crippen LogP contribution in [0, 0.1) is 35.3 Å². The number of terminal acetylenes is 1. The lowest BCUT2D eigenvalue weighted by Crippen LogP contribution is -2.52. The molecule has 11 nitrogen and oxygen atoms in total. The lowest BCUT2D eigenvalue weighted by molar-refractivity contribution is -0.0123. The average Bonchev–Trinajstić information content (AvgIpc) is 3.54. The van der Waals surface area contributed by atoms with Gasteiger partial charge in [-0.1, -0.05) is 18.4 Å². The van der Waals surface area contributed by atoms with Crippen LogP contribution in [0.1, 0.15) is 63.9 Å². The lowest BCUT2D eigenvalue weighted by atomic mass is 9.75. The molecule has 2 aromatic carbocycles. The largest absolute Gasteiger partial charge is 0.508 e. The number of aromatic hydroxyl groups is 1. The van der Waals surface area contributed by atoms with Gasteiger partial charge in [-0.15, -0.1) is 6.42 Å². The first-order chi connectivity index (χ1) is 26.6. The van der Waals surface area contributed by atoms with Crippen LogP contribution in [-0.4, -0.2) is 108 Å². The van der Waals surface area contributed by atoms with E-state index in [4.69, 9.17) is 35.3 Å². The Bertz CT molecular complexity index is 2120. The van der Waals surface area contributed by atoms with Gasteiger partial charge in [-0.3, -0.25) is 4.90 Å². The fourth-order valence-corrected chi connectivity index (χ4v) is 9.53. The second kappa shape index (κ2) is 15.3. The summed E-state index contributed by atoms with van der Waals surface area (Å²) in [5.41, 5.74) is -1.73. The molecular weight excluding hydrogens is 708 g/mol. The van der Waals surface area contributed by atoms with Gasteiger partial charge in [-0.25, -0.2) is 13.8 Å². The molecule has 292 valence electrons. The van der Waals surface area contributed by atoms with Gasteiger partial charge in [0.1, 0.15) is 39.6 Å². The molecule has 1 aliphatic carbocycles. The number of pyridine rings is 1. The van der Waals surface area contributed by atoms with Crippen molar-refractivity contribution in [3.05, 3.63) is 41.5 Å². The monoisotopic (exact) mass is 757 g/mol. The zero-order chi connectivity index (χ0) is 38.3. The zero-order valence-corrected chi connectivity index (χ0v) is 31.6. The van der Waals surface area contributed by atoms with Gasteiger partial charge in [-0.2, -0.15) is 9.97 Å². The fourth-order valence-electron chi connectivity index (χ4n) is 9.53. The molecule has 0 bridgehead atoms. The van der Waals surface area contributed by atoms with E-state index in [2.05, 4.69) is 15.8 Å². The quantitative estimate of drug-likeness (QED) is 0.189. The number of anilines is 1. The van der Waals surface area contributed by atoms with Gasteiger partial charge in [0.25, 0.3) is 0 Å². The predicted molar refractivity (Wildman–Crippen MR) is 205 cm³/mol. The average molecular weight is 758 g/mol. The van der Waals surface area contributed by atoms with Crippen molar-refractivity contribution < 1.29 is 37.9 Å². The third-order valence-electron chi connectivity index (χ3n) is 12.2. The van der Waals surface area contributed by atoms with Gasteiger partial charge in [0.2, 0.25) is 5.88 Å². The number of halogens is 2. The Labute approximate surface area is 320 Å². The summed E-state index contributed by atoms with van der Waals surface area (Å²) in [7, 11) is 1.41. The van der Waals surface area contributed by atoms with Gasteiger partial charge in [0.05, 0.1) is 39.0 Å². The van der Waals surface area contributed by atoms with E-state index in [0.717, 1.165) is 71.2 Å². The fraction of sp³-hybridized carbons (Fsp3) is 0.548.